The topological polar surface area (TPSA) is 38.5 Å². The van der Waals surface area contributed by atoms with Gasteiger partial charge in [0, 0.05) is 12.6 Å². The Balaban J connectivity index is 1.76. The molecule has 0 amide bonds. The molecule has 0 heterocycles. The second-order valence-electron chi connectivity index (χ2n) is 5.63. The molecule has 0 radical (unpaired) electrons. The number of benzene rings is 1. The highest BCUT2D eigenvalue weighted by molar-refractivity contribution is 5.21. The fourth-order valence-electron chi connectivity index (χ4n) is 3.05. The van der Waals surface area contributed by atoms with E-state index >= 15 is 0 Å². The van der Waals surface area contributed by atoms with Crippen molar-refractivity contribution in [3.05, 3.63) is 30.1 Å². The van der Waals surface area contributed by atoms with Gasteiger partial charge in [0.15, 0.2) is 0 Å². The lowest BCUT2D eigenvalue weighted by Gasteiger charge is -2.37. The lowest BCUT2D eigenvalue weighted by atomic mass is 9.84. The monoisotopic (exact) mass is 280 g/mol. The van der Waals surface area contributed by atoms with Crippen LogP contribution in [0.15, 0.2) is 24.3 Å². The summed E-state index contributed by atoms with van der Waals surface area (Å²) in [5.41, 5.74) is 5.87. The Labute approximate surface area is 120 Å². The van der Waals surface area contributed by atoms with Crippen molar-refractivity contribution in [1.29, 1.82) is 0 Å². The first-order chi connectivity index (χ1) is 9.70. The number of halogens is 1. The number of hydrogen-bond donors (Lipinski definition) is 1. The van der Waals surface area contributed by atoms with Gasteiger partial charge in [-0.3, -0.25) is 4.90 Å². The summed E-state index contributed by atoms with van der Waals surface area (Å²) in [7, 11) is 2.15. The first-order valence-electron chi connectivity index (χ1n) is 7.49. The van der Waals surface area contributed by atoms with Gasteiger partial charge in [-0.15, -0.1) is 0 Å². The molecule has 2 N–H and O–H groups in total. The van der Waals surface area contributed by atoms with E-state index in [0.717, 1.165) is 18.8 Å². The summed E-state index contributed by atoms with van der Waals surface area (Å²) in [6, 6.07) is 6.75. The summed E-state index contributed by atoms with van der Waals surface area (Å²) >= 11 is 0. The molecule has 2 unspecified atom stereocenters. The molecule has 2 atom stereocenters. The third-order valence-corrected chi connectivity index (χ3v) is 4.26. The van der Waals surface area contributed by atoms with Crippen LogP contribution in [0, 0.1) is 11.7 Å². The van der Waals surface area contributed by atoms with Crippen molar-refractivity contribution >= 4 is 0 Å². The predicted octanol–water partition coefficient (Wildman–Crippen LogP) is 2.65. The standard InChI is InChI=1S/C16H25FN2O/c1-19(16-5-3-2-4-13(16)12-18)10-11-20-15-8-6-14(17)7-9-15/h6-9,13,16H,2-5,10-12,18H2,1H3. The molecule has 1 aromatic carbocycles. The minimum Gasteiger partial charge on any atom is -0.492 e. The van der Waals surface area contributed by atoms with Crippen molar-refractivity contribution in [2.45, 2.75) is 31.7 Å². The van der Waals surface area contributed by atoms with E-state index in [9.17, 15) is 4.39 Å². The van der Waals surface area contributed by atoms with Gasteiger partial charge in [-0.2, -0.15) is 0 Å². The Kier molecular flexibility index (Phi) is 5.80. The Bertz CT molecular complexity index is 396. The molecule has 1 fully saturated rings. The Morgan fingerprint density at radius 3 is 2.65 bits per heavy atom. The van der Waals surface area contributed by atoms with Gasteiger partial charge >= 0.3 is 0 Å². The van der Waals surface area contributed by atoms with Gasteiger partial charge in [-0.05, 0) is 56.6 Å². The molecule has 3 nitrogen and oxygen atoms in total. The van der Waals surface area contributed by atoms with E-state index in [2.05, 4.69) is 11.9 Å². The zero-order valence-corrected chi connectivity index (χ0v) is 12.2. The Morgan fingerprint density at radius 2 is 1.95 bits per heavy atom. The third kappa shape index (κ3) is 4.18. The van der Waals surface area contributed by atoms with Crippen LogP contribution in [0.2, 0.25) is 0 Å². The van der Waals surface area contributed by atoms with E-state index in [1.54, 1.807) is 12.1 Å². The van der Waals surface area contributed by atoms with Gasteiger partial charge in [-0.1, -0.05) is 12.8 Å². The van der Waals surface area contributed by atoms with E-state index in [-0.39, 0.29) is 5.82 Å². The van der Waals surface area contributed by atoms with E-state index in [1.165, 1.54) is 37.8 Å². The molecule has 1 aromatic rings. The van der Waals surface area contributed by atoms with Crippen LogP contribution in [-0.2, 0) is 0 Å². The number of likely N-dealkylation sites (N-methyl/N-ethyl adjacent to an activating group) is 1. The van der Waals surface area contributed by atoms with E-state index < -0.39 is 0 Å². The molecule has 0 bridgehead atoms. The molecule has 0 saturated heterocycles. The summed E-state index contributed by atoms with van der Waals surface area (Å²) in [5, 5.41) is 0. The van der Waals surface area contributed by atoms with Crippen LogP contribution in [0.4, 0.5) is 4.39 Å². The number of hydrogen-bond acceptors (Lipinski definition) is 3. The van der Waals surface area contributed by atoms with Crippen LogP contribution in [-0.4, -0.2) is 37.7 Å². The van der Waals surface area contributed by atoms with E-state index in [0.29, 0.717) is 18.6 Å². The first-order valence-corrected chi connectivity index (χ1v) is 7.49. The zero-order chi connectivity index (χ0) is 14.4. The fraction of sp³-hybridized carbons (Fsp3) is 0.625. The normalized spacial score (nSPS) is 23.0. The SMILES string of the molecule is CN(CCOc1ccc(F)cc1)C1CCCCC1CN. The lowest BCUT2D eigenvalue weighted by Crippen LogP contribution is -2.44. The van der Waals surface area contributed by atoms with Crippen molar-refractivity contribution in [3.8, 4) is 5.75 Å². The summed E-state index contributed by atoms with van der Waals surface area (Å²) in [6.45, 7) is 2.27. The van der Waals surface area contributed by atoms with Crippen LogP contribution >= 0.6 is 0 Å². The van der Waals surface area contributed by atoms with Crippen molar-refractivity contribution in [2.75, 3.05) is 26.7 Å². The molecule has 0 aliphatic heterocycles. The van der Waals surface area contributed by atoms with Crippen LogP contribution in [0.25, 0.3) is 0 Å². The summed E-state index contributed by atoms with van der Waals surface area (Å²) < 4.78 is 18.4. The van der Waals surface area contributed by atoms with E-state index in [1.807, 2.05) is 0 Å². The maximum atomic E-state index is 12.8. The molecular weight excluding hydrogens is 255 g/mol. The lowest BCUT2D eigenvalue weighted by molar-refractivity contribution is 0.115. The first kappa shape index (κ1) is 15.3. The Morgan fingerprint density at radius 1 is 1.25 bits per heavy atom. The Hall–Kier alpha value is -1.13. The molecule has 0 spiro atoms. The van der Waals surface area contributed by atoms with Gasteiger partial charge in [0.05, 0.1) is 0 Å². The third-order valence-electron chi connectivity index (χ3n) is 4.26. The van der Waals surface area contributed by atoms with Gasteiger partial charge in [-0.25, -0.2) is 4.39 Å². The quantitative estimate of drug-likeness (QED) is 0.870. The average molecular weight is 280 g/mol. The van der Waals surface area contributed by atoms with Crippen molar-refractivity contribution in [3.63, 3.8) is 0 Å². The summed E-state index contributed by atoms with van der Waals surface area (Å²) in [4.78, 5) is 2.36. The fourth-order valence-corrected chi connectivity index (χ4v) is 3.05. The maximum absolute atomic E-state index is 12.8. The second-order valence-corrected chi connectivity index (χ2v) is 5.63. The highest BCUT2D eigenvalue weighted by Crippen LogP contribution is 2.27. The molecule has 112 valence electrons. The van der Waals surface area contributed by atoms with Crippen molar-refractivity contribution < 1.29 is 9.13 Å². The highest BCUT2D eigenvalue weighted by Gasteiger charge is 2.26. The molecule has 2 rings (SSSR count). The van der Waals surface area contributed by atoms with Crippen LogP contribution in [0.1, 0.15) is 25.7 Å². The van der Waals surface area contributed by atoms with Crippen molar-refractivity contribution in [1.82, 2.24) is 4.90 Å². The summed E-state index contributed by atoms with van der Waals surface area (Å²) in [6.07, 6.45) is 5.07. The van der Waals surface area contributed by atoms with Crippen molar-refractivity contribution in [2.24, 2.45) is 11.7 Å². The molecule has 0 aromatic heterocycles. The molecular formula is C16H25FN2O. The van der Waals surface area contributed by atoms with Crippen LogP contribution in [0.5, 0.6) is 5.75 Å². The molecule has 4 heteroatoms. The number of ether oxygens (including phenoxy) is 1. The predicted molar refractivity (Wildman–Crippen MR) is 79.3 cm³/mol. The number of nitrogens with zero attached hydrogens (tertiary/aromatic N) is 1. The zero-order valence-electron chi connectivity index (χ0n) is 12.2. The number of rotatable bonds is 6. The van der Waals surface area contributed by atoms with Crippen LogP contribution in [0.3, 0.4) is 0 Å². The average Bonchev–Trinajstić information content (AvgIpc) is 2.49. The van der Waals surface area contributed by atoms with E-state index in [4.69, 9.17) is 10.5 Å². The molecule has 1 aliphatic carbocycles. The van der Waals surface area contributed by atoms with Crippen LogP contribution < -0.4 is 10.5 Å². The minimum absolute atomic E-state index is 0.234. The van der Waals surface area contributed by atoms with Gasteiger partial charge in [0.2, 0.25) is 0 Å². The minimum atomic E-state index is -0.234. The van der Waals surface area contributed by atoms with Gasteiger partial charge < -0.3 is 10.5 Å². The molecule has 1 aliphatic rings. The van der Waals surface area contributed by atoms with Gasteiger partial charge in [0.1, 0.15) is 18.2 Å². The van der Waals surface area contributed by atoms with Gasteiger partial charge in [0.25, 0.3) is 0 Å². The highest BCUT2D eigenvalue weighted by atomic mass is 19.1. The number of nitrogens with two attached hydrogens (primary N) is 1. The molecule has 1 saturated carbocycles. The molecule has 20 heavy (non-hydrogen) atoms. The maximum Gasteiger partial charge on any atom is 0.123 e. The second kappa shape index (κ2) is 7.60. The smallest absolute Gasteiger partial charge is 0.123 e. The summed E-state index contributed by atoms with van der Waals surface area (Å²) in [5.74, 6) is 1.10. The largest absolute Gasteiger partial charge is 0.492 e.